The maximum absolute atomic E-state index is 11.5. The maximum atomic E-state index is 11.5. The number of aromatic nitrogens is 2. The van der Waals surface area contributed by atoms with Gasteiger partial charge in [0.25, 0.3) is 5.56 Å². The predicted molar refractivity (Wildman–Crippen MR) is 77.4 cm³/mol. The van der Waals surface area contributed by atoms with Gasteiger partial charge < -0.3 is 9.88 Å². The van der Waals surface area contributed by atoms with Gasteiger partial charge in [0, 0.05) is 13.1 Å². The molecular formula is C12H18IN3O. The molecule has 2 rings (SSSR count). The molecule has 1 saturated heterocycles. The topological polar surface area (TPSA) is 49.0 Å². The molecule has 1 aliphatic heterocycles. The van der Waals surface area contributed by atoms with Crippen LogP contribution in [0.1, 0.15) is 33.1 Å². The van der Waals surface area contributed by atoms with Crippen LogP contribution >= 0.6 is 22.6 Å². The highest BCUT2D eigenvalue weighted by molar-refractivity contribution is 14.1. The van der Waals surface area contributed by atoms with E-state index in [2.05, 4.69) is 51.3 Å². The molecule has 0 aliphatic carbocycles. The Labute approximate surface area is 115 Å². The Hall–Kier alpha value is -0.590. The van der Waals surface area contributed by atoms with Crippen molar-refractivity contribution in [3.05, 3.63) is 20.3 Å². The van der Waals surface area contributed by atoms with Crippen LogP contribution in [0.15, 0.2) is 11.1 Å². The average Bonchev–Trinajstić information content (AvgIpc) is 2.34. The number of rotatable bonds is 2. The van der Waals surface area contributed by atoms with E-state index >= 15 is 0 Å². The molecule has 0 spiro atoms. The number of nitrogens with zero attached hydrogens (tertiary/aromatic N) is 2. The van der Waals surface area contributed by atoms with Crippen molar-refractivity contribution in [3.8, 4) is 0 Å². The first kappa shape index (κ1) is 12.9. The van der Waals surface area contributed by atoms with Gasteiger partial charge in [0.15, 0.2) is 0 Å². The molecule has 1 fully saturated rings. The predicted octanol–water partition coefficient (Wildman–Crippen LogP) is 2.39. The average molecular weight is 347 g/mol. The van der Waals surface area contributed by atoms with Gasteiger partial charge in [-0.3, -0.25) is 4.79 Å². The molecule has 0 radical (unpaired) electrons. The van der Waals surface area contributed by atoms with Gasteiger partial charge in [-0.15, -0.1) is 0 Å². The molecule has 17 heavy (non-hydrogen) atoms. The van der Waals surface area contributed by atoms with Crippen LogP contribution in [0.2, 0.25) is 0 Å². The lowest BCUT2D eigenvalue weighted by Gasteiger charge is -2.39. The van der Waals surface area contributed by atoms with Gasteiger partial charge in [-0.2, -0.15) is 0 Å². The van der Waals surface area contributed by atoms with Crippen LogP contribution < -0.4 is 10.5 Å². The molecule has 0 saturated carbocycles. The van der Waals surface area contributed by atoms with Gasteiger partial charge in [0.2, 0.25) is 0 Å². The fourth-order valence-corrected chi connectivity index (χ4v) is 2.84. The van der Waals surface area contributed by atoms with E-state index in [4.69, 9.17) is 0 Å². The van der Waals surface area contributed by atoms with Crippen LogP contribution in [0.4, 0.5) is 5.82 Å². The summed E-state index contributed by atoms with van der Waals surface area (Å²) in [7, 11) is 0. The quantitative estimate of drug-likeness (QED) is 0.836. The van der Waals surface area contributed by atoms with Crippen LogP contribution in [0, 0.1) is 8.99 Å². The standard InChI is InChI=1S/C12H18IN3O/c1-3-12(2)4-6-16(7-5-12)10-9(13)11(17)15-8-14-10/h8H,3-7H2,1-2H3,(H,14,15,17). The highest BCUT2D eigenvalue weighted by Gasteiger charge is 2.29. The number of hydrogen-bond acceptors (Lipinski definition) is 3. The summed E-state index contributed by atoms with van der Waals surface area (Å²) >= 11 is 2.08. The van der Waals surface area contributed by atoms with Crippen LogP contribution in [0.25, 0.3) is 0 Å². The van der Waals surface area contributed by atoms with E-state index in [0.29, 0.717) is 8.99 Å². The Morgan fingerprint density at radius 3 is 2.76 bits per heavy atom. The molecule has 4 nitrogen and oxygen atoms in total. The first-order valence-electron chi connectivity index (χ1n) is 6.04. The normalized spacial score (nSPS) is 19.4. The molecule has 1 aliphatic rings. The second-order valence-corrected chi connectivity index (χ2v) is 6.10. The Balaban J connectivity index is 2.16. The Bertz CT molecular complexity index is 449. The smallest absolute Gasteiger partial charge is 0.266 e. The van der Waals surface area contributed by atoms with E-state index in [1.54, 1.807) is 0 Å². The maximum Gasteiger partial charge on any atom is 0.266 e. The highest BCUT2D eigenvalue weighted by atomic mass is 127. The van der Waals surface area contributed by atoms with Crippen LogP contribution in [0.5, 0.6) is 0 Å². The fourth-order valence-electron chi connectivity index (χ4n) is 2.21. The Kier molecular flexibility index (Phi) is 3.75. The third kappa shape index (κ3) is 2.64. The number of H-pyrrole nitrogens is 1. The molecule has 5 heteroatoms. The molecule has 0 amide bonds. The summed E-state index contributed by atoms with van der Waals surface area (Å²) in [5, 5.41) is 0. The molecule has 0 aromatic carbocycles. The summed E-state index contributed by atoms with van der Waals surface area (Å²) in [4.78, 5) is 20.7. The molecule has 0 unspecified atom stereocenters. The van der Waals surface area contributed by atoms with Gasteiger partial charge in [0.1, 0.15) is 9.39 Å². The largest absolute Gasteiger partial charge is 0.355 e. The van der Waals surface area contributed by atoms with Crippen LogP contribution in [-0.4, -0.2) is 23.1 Å². The molecule has 1 N–H and O–H groups in total. The number of hydrogen-bond donors (Lipinski definition) is 1. The second-order valence-electron chi connectivity index (χ2n) is 5.02. The van der Waals surface area contributed by atoms with Gasteiger partial charge in [-0.1, -0.05) is 20.3 Å². The van der Waals surface area contributed by atoms with Crippen molar-refractivity contribution >= 4 is 28.4 Å². The summed E-state index contributed by atoms with van der Waals surface area (Å²) in [5.74, 6) is 0.840. The third-order valence-electron chi connectivity index (χ3n) is 3.90. The van der Waals surface area contributed by atoms with E-state index < -0.39 is 0 Å². The van der Waals surface area contributed by atoms with Crippen molar-refractivity contribution in [1.82, 2.24) is 9.97 Å². The number of halogens is 1. The minimum absolute atomic E-state index is 0.0422. The van der Waals surface area contributed by atoms with E-state index in [0.717, 1.165) is 18.9 Å². The summed E-state index contributed by atoms with van der Waals surface area (Å²) in [6.45, 7) is 6.60. The molecular weight excluding hydrogens is 329 g/mol. The van der Waals surface area contributed by atoms with Crippen molar-refractivity contribution < 1.29 is 0 Å². The van der Waals surface area contributed by atoms with Crippen molar-refractivity contribution in [2.45, 2.75) is 33.1 Å². The zero-order valence-electron chi connectivity index (χ0n) is 10.3. The lowest BCUT2D eigenvalue weighted by atomic mass is 9.78. The summed E-state index contributed by atoms with van der Waals surface area (Å²) < 4.78 is 0.699. The van der Waals surface area contributed by atoms with Crippen molar-refractivity contribution in [2.24, 2.45) is 5.41 Å². The van der Waals surface area contributed by atoms with E-state index in [1.165, 1.54) is 25.6 Å². The van der Waals surface area contributed by atoms with Crippen molar-refractivity contribution in [2.75, 3.05) is 18.0 Å². The van der Waals surface area contributed by atoms with E-state index in [1.807, 2.05) is 0 Å². The first-order valence-corrected chi connectivity index (χ1v) is 7.12. The number of anilines is 1. The van der Waals surface area contributed by atoms with E-state index in [-0.39, 0.29) is 5.56 Å². The molecule has 0 bridgehead atoms. The zero-order valence-corrected chi connectivity index (χ0v) is 12.5. The highest BCUT2D eigenvalue weighted by Crippen LogP contribution is 2.35. The second kappa shape index (κ2) is 4.96. The number of nitrogens with one attached hydrogen (secondary N) is 1. The Morgan fingerprint density at radius 1 is 1.53 bits per heavy atom. The molecule has 0 atom stereocenters. The lowest BCUT2D eigenvalue weighted by molar-refractivity contribution is 0.237. The zero-order chi connectivity index (χ0) is 12.5. The summed E-state index contributed by atoms with van der Waals surface area (Å²) in [5.41, 5.74) is 0.419. The minimum Gasteiger partial charge on any atom is -0.355 e. The first-order chi connectivity index (χ1) is 8.06. The number of piperidine rings is 1. The van der Waals surface area contributed by atoms with Gasteiger partial charge in [-0.25, -0.2) is 4.98 Å². The van der Waals surface area contributed by atoms with Crippen molar-refractivity contribution in [1.29, 1.82) is 0 Å². The monoisotopic (exact) mass is 347 g/mol. The Morgan fingerprint density at radius 2 is 2.18 bits per heavy atom. The van der Waals surface area contributed by atoms with Crippen LogP contribution in [0.3, 0.4) is 0 Å². The van der Waals surface area contributed by atoms with Gasteiger partial charge >= 0.3 is 0 Å². The lowest BCUT2D eigenvalue weighted by Crippen LogP contribution is -2.40. The summed E-state index contributed by atoms with van der Waals surface area (Å²) in [6.07, 6.45) is 5.07. The minimum atomic E-state index is -0.0422. The number of aromatic amines is 1. The fraction of sp³-hybridized carbons (Fsp3) is 0.667. The third-order valence-corrected chi connectivity index (χ3v) is 4.87. The summed E-state index contributed by atoms with van der Waals surface area (Å²) in [6, 6.07) is 0. The SMILES string of the molecule is CCC1(C)CCN(c2nc[nH]c(=O)c2I)CC1. The van der Waals surface area contributed by atoms with E-state index in [9.17, 15) is 4.79 Å². The van der Waals surface area contributed by atoms with Gasteiger partial charge in [0.05, 0.1) is 6.33 Å². The molecule has 1 aromatic rings. The molecule has 94 valence electrons. The van der Waals surface area contributed by atoms with Crippen molar-refractivity contribution in [3.63, 3.8) is 0 Å². The van der Waals surface area contributed by atoms with Crippen LogP contribution in [-0.2, 0) is 0 Å². The van der Waals surface area contributed by atoms with Gasteiger partial charge in [-0.05, 0) is 40.8 Å². The molecule has 2 heterocycles. The molecule has 1 aromatic heterocycles.